The summed E-state index contributed by atoms with van der Waals surface area (Å²) in [4.78, 5) is 10.4. The summed E-state index contributed by atoms with van der Waals surface area (Å²) in [6.07, 6.45) is -1.10. The summed E-state index contributed by atoms with van der Waals surface area (Å²) >= 11 is 0. The Morgan fingerprint density at radius 3 is 2.50 bits per heavy atom. The number of aromatic nitrogens is 2. The number of hydrogen-bond acceptors (Lipinski definition) is 4. The number of anilines is 1. The number of amides is 1. The van der Waals surface area contributed by atoms with Crippen LogP contribution in [0.4, 0.5) is 10.5 Å². The van der Waals surface area contributed by atoms with Crippen LogP contribution in [0.3, 0.4) is 0 Å². The second kappa shape index (κ2) is 6.12. The molecule has 0 unspecified atom stereocenters. The van der Waals surface area contributed by atoms with E-state index in [0.29, 0.717) is 23.6 Å². The third-order valence-corrected chi connectivity index (χ3v) is 4.58. The molecule has 0 fully saturated rings. The van der Waals surface area contributed by atoms with E-state index in [2.05, 4.69) is 15.1 Å². The Kier molecular flexibility index (Phi) is 4.98. The molecule has 0 radical (unpaired) electrons. The lowest BCUT2D eigenvalue weighted by atomic mass is 10.3. The van der Waals surface area contributed by atoms with E-state index in [1.165, 1.54) is 0 Å². The molecule has 8 nitrogen and oxygen atoms in total. The molecule has 0 bridgehead atoms. The number of rotatable bonds is 6. The Hall–Kier alpha value is -1.77. The zero-order valence-corrected chi connectivity index (χ0v) is 12.8. The Balaban J connectivity index is 2.90. The summed E-state index contributed by atoms with van der Waals surface area (Å²) in [7, 11) is -3.43. The first kappa shape index (κ1) is 16.3. The average molecular weight is 304 g/mol. The number of sulfonamides is 1. The van der Waals surface area contributed by atoms with Crippen LogP contribution in [0.1, 0.15) is 25.2 Å². The van der Waals surface area contributed by atoms with E-state index in [9.17, 15) is 13.2 Å². The van der Waals surface area contributed by atoms with Gasteiger partial charge in [0, 0.05) is 6.54 Å². The first-order chi connectivity index (χ1) is 9.15. The van der Waals surface area contributed by atoms with E-state index >= 15 is 0 Å². The Morgan fingerprint density at radius 1 is 1.40 bits per heavy atom. The standard InChI is InChI=1S/C11H20N4O4S/c1-7(2)20(18,19)14-10-8(3)13-15(9(10)4)6-5-12-11(16)17/h7,12,14H,5-6H2,1-4H3,(H,16,17). The minimum Gasteiger partial charge on any atom is -0.465 e. The molecule has 3 N–H and O–H groups in total. The fourth-order valence-corrected chi connectivity index (χ4v) is 2.41. The lowest BCUT2D eigenvalue weighted by molar-refractivity contribution is 0.194. The van der Waals surface area contributed by atoms with Crippen LogP contribution >= 0.6 is 0 Å². The third-order valence-electron chi connectivity index (χ3n) is 2.85. The van der Waals surface area contributed by atoms with Gasteiger partial charge in [0.1, 0.15) is 0 Å². The normalized spacial score (nSPS) is 11.7. The molecule has 1 aromatic heterocycles. The van der Waals surface area contributed by atoms with Gasteiger partial charge in [-0.15, -0.1) is 0 Å². The van der Waals surface area contributed by atoms with Gasteiger partial charge in [-0.2, -0.15) is 5.10 Å². The van der Waals surface area contributed by atoms with Crippen molar-refractivity contribution >= 4 is 21.8 Å². The van der Waals surface area contributed by atoms with Gasteiger partial charge in [0.15, 0.2) is 0 Å². The molecule has 20 heavy (non-hydrogen) atoms. The number of nitrogens with one attached hydrogen (secondary N) is 2. The third kappa shape index (κ3) is 3.86. The fourth-order valence-electron chi connectivity index (χ4n) is 1.59. The maximum absolute atomic E-state index is 11.9. The van der Waals surface area contributed by atoms with Crippen LogP contribution < -0.4 is 10.0 Å². The van der Waals surface area contributed by atoms with Crippen molar-refractivity contribution in [2.75, 3.05) is 11.3 Å². The first-order valence-electron chi connectivity index (χ1n) is 6.17. The zero-order valence-electron chi connectivity index (χ0n) is 12.0. The fraction of sp³-hybridized carbons (Fsp3) is 0.636. The van der Waals surface area contributed by atoms with Crippen LogP contribution in [-0.2, 0) is 16.6 Å². The Labute approximate surface area is 118 Å². The molecule has 1 amide bonds. The molecule has 1 aromatic rings. The second-order valence-corrected chi connectivity index (χ2v) is 6.93. The van der Waals surface area contributed by atoms with Crippen LogP contribution in [0.25, 0.3) is 0 Å². The molecule has 9 heteroatoms. The molecular weight excluding hydrogens is 284 g/mol. The van der Waals surface area contributed by atoms with Crippen molar-refractivity contribution in [1.29, 1.82) is 0 Å². The molecule has 0 aromatic carbocycles. The van der Waals surface area contributed by atoms with E-state index in [1.54, 1.807) is 32.4 Å². The van der Waals surface area contributed by atoms with Crippen molar-refractivity contribution < 1.29 is 18.3 Å². The topological polar surface area (TPSA) is 113 Å². The Morgan fingerprint density at radius 2 is 2.00 bits per heavy atom. The van der Waals surface area contributed by atoms with Crippen molar-refractivity contribution in [1.82, 2.24) is 15.1 Å². The van der Waals surface area contributed by atoms with Crippen LogP contribution in [0.2, 0.25) is 0 Å². The van der Waals surface area contributed by atoms with Crippen molar-refractivity contribution in [2.24, 2.45) is 0 Å². The molecule has 0 spiro atoms. The number of hydrogen-bond donors (Lipinski definition) is 3. The van der Waals surface area contributed by atoms with Gasteiger partial charge in [0.2, 0.25) is 10.0 Å². The maximum atomic E-state index is 11.9. The average Bonchev–Trinajstić information content (AvgIpc) is 2.56. The van der Waals surface area contributed by atoms with Crippen LogP contribution in [0.15, 0.2) is 0 Å². The van der Waals surface area contributed by atoms with E-state index in [0.717, 1.165) is 0 Å². The van der Waals surface area contributed by atoms with Gasteiger partial charge in [0.25, 0.3) is 0 Å². The summed E-state index contributed by atoms with van der Waals surface area (Å²) in [6.45, 7) is 7.16. The van der Waals surface area contributed by atoms with Crippen molar-refractivity contribution in [3.05, 3.63) is 11.4 Å². The predicted octanol–water partition coefficient (Wildman–Crippen LogP) is 0.918. The SMILES string of the molecule is Cc1nn(CCNC(=O)O)c(C)c1NS(=O)(=O)C(C)C. The van der Waals surface area contributed by atoms with Crippen molar-refractivity contribution in [2.45, 2.75) is 39.5 Å². The quantitative estimate of drug-likeness (QED) is 0.723. The summed E-state index contributed by atoms with van der Waals surface area (Å²) in [5, 5.41) is 14.4. The monoisotopic (exact) mass is 304 g/mol. The Bertz CT molecular complexity index is 592. The highest BCUT2D eigenvalue weighted by atomic mass is 32.2. The number of carbonyl (C=O) groups is 1. The smallest absolute Gasteiger partial charge is 0.404 e. The number of nitrogens with zero attached hydrogens (tertiary/aromatic N) is 2. The first-order valence-corrected chi connectivity index (χ1v) is 7.72. The van der Waals surface area contributed by atoms with E-state index in [-0.39, 0.29) is 6.54 Å². The minimum atomic E-state index is -3.43. The molecule has 1 rings (SSSR count). The lowest BCUT2D eigenvalue weighted by Gasteiger charge is -2.11. The second-order valence-electron chi connectivity index (χ2n) is 4.70. The van der Waals surface area contributed by atoms with Gasteiger partial charge in [0.05, 0.1) is 28.9 Å². The molecule has 0 aliphatic rings. The molecule has 0 saturated carbocycles. The van der Waals surface area contributed by atoms with E-state index in [1.807, 2.05) is 0 Å². The summed E-state index contributed by atoms with van der Waals surface area (Å²) in [5.41, 5.74) is 1.66. The minimum absolute atomic E-state index is 0.202. The summed E-state index contributed by atoms with van der Waals surface area (Å²) in [5.74, 6) is 0. The van der Waals surface area contributed by atoms with Gasteiger partial charge >= 0.3 is 6.09 Å². The molecule has 0 saturated heterocycles. The van der Waals surface area contributed by atoms with Crippen molar-refractivity contribution in [3.8, 4) is 0 Å². The van der Waals surface area contributed by atoms with Crippen molar-refractivity contribution in [3.63, 3.8) is 0 Å². The van der Waals surface area contributed by atoms with Gasteiger partial charge in [-0.3, -0.25) is 9.40 Å². The molecule has 114 valence electrons. The number of carboxylic acid groups (broad SMARTS) is 1. The zero-order chi connectivity index (χ0) is 15.5. The molecular formula is C11H20N4O4S. The molecule has 0 aliphatic heterocycles. The molecule has 0 atom stereocenters. The van der Waals surface area contributed by atoms with Gasteiger partial charge < -0.3 is 10.4 Å². The van der Waals surface area contributed by atoms with E-state index < -0.39 is 21.4 Å². The largest absolute Gasteiger partial charge is 0.465 e. The highest BCUT2D eigenvalue weighted by Crippen LogP contribution is 2.21. The maximum Gasteiger partial charge on any atom is 0.404 e. The molecule has 1 heterocycles. The molecule has 0 aliphatic carbocycles. The lowest BCUT2D eigenvalue weighted by Crippen LogP contribution is -2.26. The van der Waals surface area contributed by atoms with Crippen LogP contribution in [0, 0.1) is 13.8 Å². The van der Waals surface area contributed by atoms with E-state index in [4.69, 9.17) is 5.11 Å². The van der Waals surface area contributed by atoms with Gasteiger partial charge in [-0.1, -0.05) is 0 Å². The summed E-state index contributed by atoms with van der Waals surface area (Å²) < 4.78 is 27.9. The highest BCUT2D eigenvalue weighted by Gasteiger charge is 2.20. The number of aryl methyl sites for hydroxylation is 1. The summed E-state index contributed by atoms with van der Waals surface area (Å²) in [6, 6.07) is 0. The predicted molar refractivity (Wildman–Crippen MR) is 75.4 cm³/mol. The van der Waals surface area contributed by atoms with Gasteiger partial charge in [-0.05, 0) is 27.7 Å². The van der Waals surface area contributed by atoms with Crippen LogP contribution in [0.5, 0.6) is 0 Å². The van der Waals surface area contributed by atoms with Crippen LogP contribution in [-0.4, -0.2) is 41.2 Å². The van der Waals surface area contributed by atoms with Gasteiger partial charge in [-0.25, -0.2) is 13.2 Å². The highest BCUT2D eigenvalue weighted by molar-refractivity contribution is 7.93.